The molecule has 0 aromatic heterocycles. The Balaban J connectivity index is 2.40. The zero-order valence-corrected chi connectivity index (χ0v) is 12.5. The zero-order valence-electron chi connectivity index (χ0n) is 12.5. The number of hydrogen-bond acceptors (Lipinski definition) is 8. The van der Waals surface area contributed by atoms with E-state index in [9.17, 15) is 9.59 Å². The van der Waals surface area contributed by atoms with Crippen LogP contribution in [0.3, 0.4) is 0 Å². The van der Waals surface area contributed by atoms with Crippen molar-refractivity contribution in [3.63, 3.8) is 0 Å². The van der Waals surface area contributed by atoms with E-state index in [0.717, 1.165) is 0 Å². The average molecular weight is 302 g/mol. The fourth-order valence-corrected chi connectivity index (χ4v) is 2.86. The van der Waals surface area contributed by atoms with Crippen molar-refractivity contribution in [1.29, 1.82) is 0 Å². The third kappa shape index (κ3) is 2.89. The van der Waals surface area contributed by atoms with Gasteiger partial charge in [0.2, 0.25) is 0 Å². The Hall–Kier alpha value is -1.22. The van der Waals surface area contributed by atoms with Crippen LogP contribution in [0.25, 0.3) is 0 Å². The van der Waals surface area contributed by atoms with Gasteiger partial charge in [-0.3, -0.25) is 9.80 Å². The van der Waals surface area contributed by atoms with Crippen LogP contribution in [0.15, 0.2) is 0 Å². The van der Waals surface area contributed by atoms with E-state index in [0.29, 0.717) is 52.6 Å². The largest absolute Gasteiger partial charge is 0.466 e. The molecular weight excluding hydrogens is 280 g/mol. The molecule has 2 heterocycles. The summed E-state index contributed by atoms with van der Waals surface area (Å²) in [5.74, 6) is -1.25. The first-order valence-electron chi connectivity index (χ1n) is 7.00. The third-order valence-electron chi connectivity index (χ3n) is 3.88. The molecule has 2 aliphatic heterocycles. The summed E-state index contributed by atoms with van der Waals surface area (Å²) in [5.41, 5.74) is -1.56. The van der Waals surface area contributed by atoms with Gasteiger partial charge in [0.05, 0.1) is 40.6 Å². The van der Waals surface area contributed by atoms with Crippen molar-refractivity contribution in [3.05, 3.63) is 0 Å². The zero-order chi connectivity index (χ0) is 15.3. The van der Waals surface area contributed by atoms with Crippen molar-refractivity contribution in [2.24, 2.45) is 0 Å². The van der Waals surface area contributed by atoms with Crippen molar-refractivity contribution < 1.29 is 28.5 Å². The first-order valence-corrected chi connectivity index (χ1v) is 7.00. The van der Waals surface area contributed by atoms with Crippen LogP contribution in [0, 0.1) is 0 Å². The Morgan fingerprint density at radius 3 is 1.43 bits per heavy atom. The van der Waals surface area contributed by atoms with E-state index < -0.39 is 17.6 Å². The minimum Gasteiger partial charge on any atom is -0.466 e. The molecule has 0 aliphatic carbocycles. The van der Waals surface area contributed by atoms with Gasteiger partial charge in [0.25, 0.3) is 5.66 Å². The summed E-state index contributed by atoms with van der Waals surface area (Å²) < 4.78 is 20.5. The van der Waals surface area contributed by atoms with E-state index in [2.05, 4.69) is 0 Å². The molecule has 120 valence electrons. The molecule has 0 N–H and O–H groups in total. The van der Waals surface area contributed by atoms with Crippen molar-refractivity contribution in [1.82, 2.24) is 9.80 Å². The monoisotopic (exact) mass is 302 g/mol. The lowest BCUT2D eigenvalue weighted by Crippen LogP contribution is -2.73. The smallest absolute Gasteiger partial charge is 0.353 e. The molecule has 0 aromatic carbocycles. The van der Waals surface area contributed by atoms with Gasteiger partial charge in [0.15, 0.2) is 0 Å². The molecule has 0 saturated carbocycles. The van der Waals surface area contributed by atoms with Crippen LogP contribution in [0.1, 0.15) is 0 Å². The molecule has 21 heavy (non-hydrogen) atoms. The molecule has 8 heteroatoms. The molecule has 2 aliphatic rings. The number of carbonyl (C=O) groups is 2. The summed E-state index contributed by atoms with van der Waals surface area (Å²) in [4.78, 5) is 28.6. The quantitative estimate of drug-likeness (QED) is 0.468. The van der Waals surface area contributed by atoms with Gasteiger partial charge in [-0.2, -0.15) is 0 Å². The molecule has 2 fully saturated rings. The van der Waals surface area contributed by atoms with Crippen LogP contribution >= 0.6 is 0 Å². The van der Waals surface area contributed by atoms with Gasteiger partial charge in [0.1, 0.15) is 0 Å². The van der Waals surface area contributed by atoms with Gasteiger partial charge in [0, 0.05) is 26.2 Å². The van der Waals surface area contributed by atoms with Gasteiger partial charge < -0.3 is 18.9 Å². The lowest BCUT2D eigenvalue weighted by atomic mass is 10.0. The molecule has 0 radical (unpaired) electrons. The fraction of sp³-hybridized carbons (Fsp3) is 0.846. The maximum Gasteiger partial charge on any atom is 0.353 e. The van der Waals surface area contributed by atoms with Crippen molar-refractivity contribution in [3.8, 4) is 0 Å². The van der Waals surface area contributed by atoms with Gasteiger partial charge >= 0.3 is 11.9 Å². The maximum absolute atomic E-state index is 12.5. The topological polar surface area (TPSA) is 77.5 Å². The van der Waals surface area contributed by atoms with E-state index in [1.54, 1.807) is 9.80 Å². The highest BCUT2D eigenvalue weighted by molar-refractivity contribution is 6.04. The second-order valence-corrected chi connectivity index (χ2v) is 4.85. The molecule has 0 unspecified atom stereocenters. The summed E-state index contributed by atoms with van der Waals surface area (Å²) in [7, 11) is 2.56. The van der Waals surface area contributed by atoms with Gasteiger partial charge in [-0.05, 0) is 0 Å². The van der Waals surface area contributed by atoms with Crippen molar-refractivity contribution >= 4 is 11.9 Å². The number of carbonyl (C=O) groups excluding carboxylic acids is 2. The molecule has 2 saturated heterocycles. The highest BCUT2D eigenvalue weighted by Gasteiger charge is 2.58. The standard InChI is InChI=1S/C13H22N2O6/c1-18-11(16)13(12(17)19-2,14-3-7-20-8-4-14)15-5-9-21-10-6-15/h3-10H2,1-2H3. The van der Waals surface area contributed by atoms with Gasteiger partial charge in [-0.15, -0.1) is 0 Å². The summed E-state index contributed by atoms with van der Waals surface area (Å²) >= 11 is 0. The number of methoxy groups -OCH3 is 2. The molecular formula is C13H22N2O6. The SMILES string of the molecule is COC(=O)C(C(=O)OC)(N1CCOCC1)N1CCOCC1. The predicted molar refractivity (Wildman–Crippen MR) is 71.5 cm³/mol. The molecule has 2 rings (SSSR count). The Labute approximate surface area is 123 Å². The van der Waals surface area contributed by atoms with Crippen LogP contribution in [-0.2, 0) is 28.5 Å². The first kappa shape index (κ1) is 16.2. The van der Waals surface area contributed by atoms with E-state index >= 15 is 0 Å². The van der Waals surface area contributed by atoms with Crippen molar-refractivity contribution in [2.75, 3.05) is 66.8 Å². The van der Waals surface area contributed by atoms with E-state index in [4.69, 9.17) is 18.9 Å². The second-order valence-electron chi connectivity index (χ2n) is 4.85. The van der Waals surface area contributed by atoms with Gasteiger partial charge in [-0.1, -0.05) is 0 Å². The molecule has 0 amide bonds. The van der Waals surface area contributed by atoms with Gasteiger partial charge in [-0.25, -0.2) is 9.59 Å². The summed E-state index contributed by atoms with van der Waals surface area (Å²) in [5, 5.41) is 0. The lowest BCUT2D eigenvalue weighted by Gasteiger charge is -2.48. The average Bonchev–Trinajstić information content (AvgIpc) is 2.57. The summed E-state index contributed by atoms with van der Waals surface area (Å²) in [6, 6.07) is 0. The fourth-order valence-electron chi connectivity index (χ4n) is 2.86. The van der Waals surface area contributed by atoms with E-state index in [-0.39, 0.29) is 0 Å². The Kier molecular flexibility index (Phi) is 5.51. The number of nitrogens with zero attached hydrogens (tertiary/aromatic N) is 2. The predicted octanol–water partition coefficient (Wildman–Crippen LogP) is -1.31. The van der Waals surface area contributed by atoms with E-state index in [1.165, 1.54) is 14.2 Å². The molecule has 0 spiro atoms. The number of esters is 2. The lowest BCUT2D eigenvalue weighted by molar-refractivity contribution is -0.200. The molecule has 0 aromatic rings. The minimum absolute atomic E-state index is 0.458. The molecule has 8 nitrogen and oxygen atoms in total. The number of morpholine rings is 2. The number of hydrogen-bond donors (Lipinski definition) is 0. The normalized spacial score (nSPS) is 21.8. The number of rotatable bonds is 4. The Morgan fingerprint density at radius 1 is 0.810 bits per heavy atom. The van der Waals surface area contributed by atoms with Crippen LogP contribution in [0.4, 0.5) is 0 Å². The van der Waals surface area contributed by atoms with Crippen LogP contribution in [0.5, 0.6) is 0 Å². The third-order valence-corrected chi connectivity index (χ3v) is 3.88. The van der Waals surface area contributed by atoms with Crippen LogP contribution in [0.2, 0.25) is 0 Å². The number of ether oxygens (including phenoxy) is 4. The van der Waals surface area contributed by atoms with Crippen LogP contribution < -0.4 is 0 Å². The first-order chi connectivity index (χ1) is 10.2. The molecule has 0 bridgehead atoms. The summed E-state index contributed by atoms with van der Waals surface area (Å²) in [6.45, 7) is 3.67. The van der Waals surface area contributed by atoms with E-state index in [1.807, 2.05) is 0 Å². The highest BCUT2D eigenvalue weighted by Crippen LogP contribution is 2.27. The molecule has 0 atom stereocenters. The van der Waals surface area contributed by atoms with Crippen LogP contribution in [-0.4, -0.2) is 94.2 Å². The Bertz CT molecular complexity index is 341. The minimum atomic E-state index is -1.56. The highest BCUT2D eigenvalue weighted by atomic mass is 16.6. The second kappa shape index (κ2) is 7.17. The maximum atomic E-state index is 12.5. The summed E-state index contributed by atoms with van der Waals surface area (Å²) in [6.07, 6.45) is 0. The Morgan fingerprint density at radius 2 is 1.14 bits per heavy atom. The van der Waals surface area contributed by atoms with Crippen molar-refractivity contribution in [2.45, 2.75) is 5.66 Å².